The van der Waals surface area contributed by atoms with Crippen LogP contribution in [0.2, 0.25) is 0 Å². The van der Waals surface area contributed by atoms with Gasteiger partial charge in [0.2, 0.25) is 5.91 Å². The quantitative estimate of drug-likeness (QED) is 0.468. The second-order valence-electron chi connectivity index (χ2n) is 6.41. The summed E-state index contributed by atoms with van der Waals surface area (Å²) in [6, 6.07) is 8.86. The summed E-state index contributed by atoms with van der Waals surface area (Å²) < 4.78 is 54.2. The fraction of sp³-hybridized carbons (Fsp3) is 0.381. The Morgan fingerprint density at radius 1 is 0.875 bits per heavy atom. The third-order valence-corrected chi connectivity index (χ3v) is 6.27. The maximum Gasteiger partial charge on any atom is 0.265 e. The molecule has 11 heteroatoms. The number of carbonyl (C=O) groups excluding carboxylic acids is 1. The zero-order valence-electron chi connectivity index (χ0n) is 18.7. The molecule has 1 amide bonds. The average Bonchev–Trinajstić information content (AvgIpc) is 2.81. The fourth-order valence-electron chi connectivity index (χ4n) is 2.87. The molecule has 2 aromatic carbocycles. The van der Waals surface area contributed by atoms with Gasteiger partial charge in [0.1, 0.15) is 18.0 Å². The van der Waals surface area contributed by atoms with E-state index in [0.29, 0.717) is 11.5 Å². The zero-order chi connectivity index (χ0) is 23.7. The van der Waals surface area contributed by atoms with Crippen LogP contribution < -0.4 is 28.6 Å². The molecule has 0 spiro atoms. The second-order valence-corrected chi connectivity index (χ2v) is 8.27. The highest BCUT2D eigenvalue weighted by Gasteiger charge is 2.30. The van der Waals surface area contributed by atoms with Gasteiger partial charge >= 0.3 is 0 Å². The number of nitrogens with one attached hydrogen (secondary N) is 1. The lowest BCUT2D eigenvalue weighted by atomic mass is 10.2. The number of sulfonamides is 1. The summed E-state index contributed by atoms with van der Waals surface area (Å²) in [5.41, 5.74) is 0.142. The Morgan fingerprint density at radius 2 is 1.53 bits per heavy atom. The number of benzene rings is 2. The van der Waals surface area contributed by atoms with Crippen LogP contribution in [0.1, 0.15) is 0 Å². The topological polar surface area (TPSA) is 113 Å². The molecule has 0 radical (unpaired) electrons. The van der Waals surface area contributed by atoms with Crippen LogP contribution in [0, 0.1) is 0 Å². The number of hydrogen-bond acceptors (Lipinski definition) is 8. The molecular formula is C21H28N2O8S. The summed E-state index contributed by atoms with van der Waals surface area (Å²) in [4.78, 5) is 12.5. The van der Waals surface area contributed by atoms with Crippen molar-refractivity contribution >= 4 is 21.6 Å². The van der Waals surface area contributed by atoms with Crippen LogP contribution in [0.25, 0.3) is 0 Å². The van der Waals surface area contributed by atoms with Gasteiger partial charge in [0, 0.05) is 25.8 Å². The van der Waals surface area contributed by atoms with E-state index in [9.17, 15) is 13.2 Å². The van der Waals surface area contributed by atoms with Crippen molar-refractivity contribution in [1.82, 2.24) is 5.32 Å². The van der Waals surface area contributed by atoms with E-state index in [1.165, 1.54) is 59.8 Å². The Labute approximate surface area is 188 Å². The molecule has 2 aromatic rings. The van der Waals surface area contributed by atoms with Crippen molar-refractivity contribution in [3.63, 3.8) is 0 Å². The lowest BCUT2D eigenvalue weighted by Crippen LogP contribution is -2.41. The number of amides is 1. The number of hydrogen-bond donors (Lipinski definition) is 1. The predicted molar refractivity (Wildman–Crippen MR) is 119 cm³/mol. The minimum atomic E-state index is -4.22. The van der Waals surface area contributed by atoms with Gasteiger partial charge in [-0.2, -0.15) is 0 Å². The van der Waals surface area contributed by atoms with E-state index in [4.69, 9.17) is 23.7 Å². The highest BCUT2D eigenvalue weighted by atomic mass is 32.2. The van der Waals surface area contributed by atoms with E-state index >= 15 is 0 Å². The SMILES string of the molecule is COCCNC(=O)CN(c1cc(OC)ccc1OC)S(=O)(=O)c1ccc(OC)c(OC)c1. The van der Waals surface area contributed by atoms with Crippen LogP contribution in [0.15, 0.2) is 41.3 Å². The number of carbonyl (C=O) groups is 1. The standard InChI is InChI=1S/C21H28N2O8S/c1-27-11-10-22-21(24)14-23(17-12-15(28-2)6-8-18(17)29-3)32(25,26)16-7-9-19(30-4)20(13-16)31-5/h6-9,12-13H,10-11,14H2,1-5H3,(H,22,24). The van der Waals surface area contributed by atoms with Crippen LogP contribution in [-0.2, 0) is 19.6 Å². The maximum atomic E-state index is 13.7. The van der Waals surface area contributed by atoms with Crippen molar-refractivity contribution in [2.75, 3.05) is 59.6 Å². The zero-order valence-corrected chi connectivity index (χ0v) is 19.5. The number of methoxy groups -OCH3 is 5. The van der Waals surface area contributed by atoms with Crippen LogP contribution in [0.5, 0.6) is 23.0 Å². The molecule has 32 heavy (non-hydrogen) atoms. The van der Waals surface area contributed by atoms with E-state index in [-0.39, 0.29) is 35.2 Å². The lowest BCUT2D eigenvalue weighted by Gasteiger charge is -2.26. The highest BCUT2D eigenvalue weighted by Crippen LogP contribution is 2.37. The number of ether oxygens (including phenoxy) is 5. The van der Waals surface area contributed by atoms with Gasteiger partial charge < -0.3 is 29.0 Å². The summed E-state index contributed by atoms with van der Waals surface area (Å²) in [6.45, 7) is 0.0232. The monoisotopic (exact) mass is 468 g/mol. The van der Waals surface area contributed by atoms with E-state index in [1.807, 2.05) is 0 Å². The molecule has 0 saturated carbocycles. The van der Waals surface area contributed by atoms with Gasteiger partial charge in [0.05, 0.1) is 45.6 Å². The Hall–Kier alpha value is -3.18. The largest absolute Gasteiger partial charge is 0.497 e. The Bertz CT molecular complexity index is 1030. The number of nitrogens with zero attached hydrogens (tertiary/aromatic N) is 1. The van der Waals surface area contributed by atoms with Crippen LogP contribution in [0.4, 0.5) is 5.69 Å². The third kappa shape index (κ3) is 5.74. The molecule has 0 heterocycles. The van der Waals surface area contributed by atoms with Crippen molar-refractivity contribution in [3.8, 4) is 23.0 Å². The molecule has 0 aliphatic heterocycles. The molecule has 10 nitrogen and oxygen atoms in total. The lowest BCUT2D eigenvalue weighted by molar-refractivity contribution is -0.119. The molecule has 0 bridgehead atoms. The van der Waals surface area contributed by atoms with Crippen molar-refractivity contribution in [2.45, 2.75) is 4.90 Å². The normalized spacial score (nSPS) is 10.9. The second kappa shape index (κ2) is 11.4. The summed E-state index contributed by atoms with van der Waals surface area (Å²) >= 11 is 0. The van der Waals surface area contributed by atoms with Gasteiger partial charge in [-0.25, -0.2) is 8.42 Å². The number of rotatable bonds is 12. The fourth-order valence-corrected chi connectivity index (χ4v) is 4.31. The van der Waals surface area contributed by atoms with Crippen molar-refractivity contribution < 1.29 is 36.9 Å². The molecule has 0 fully saturated rings. The first kappa shape index (κ1) is 25.1. The van der Waals surface area contributed by atoms with Crippen LogP contribution in [-0.4, -0.2) is 69.6 Å². The van der Waals surface area contributed by atoms with Crippen LogP contribution >= 0.6 is 0 Å². The Morgan fingerprint density at radius 3 is 2.12 bits per heavy atom. The smallest absolute Gasteiger partial charge is 0.265 e. The van der Waals surface area contributed by atoms with Crippen molar-refractivity contribution in [1.29, 1.82) is 0 Å². The molecule has 0 aliphatic rings. The predicted octanol–water partition coefficient (Wildman–Crippen LogP) is 1.68. The molecular weight excluding hydrogens is 440 g/mol. The molecule has 2 rings (SSSR count). The molecule has 0 saturated heterocycles. The third-order valence-electron chi connectivity index (χ3n) is 4.51. The van der Waals surface area contributed by atoms with Gasteiger partial charge in [0.25, 0.3) is 10.0 Å². The molecule has 1 N–H and O–H groups in total. The van der Waals surface area contributed by atoms with E-state index in [0.717, 1.165) is 4.31 Å². The highest BCUT2D eigenvalue weighted by molar-refractivity contribution is 7.92. The summed E-state index contributed by atoms with van der Waals surface area (Å²) in [5.74, 6) is 0.730. The van der Waals surface area contributed by atoms with E-state index in [1.54, 1.807) is 12.1 Å². The minimum absolute atomic E-state index is 0.0929. The summed E-state index contributed by atoms with van der Waals surface area (Å²) in [7, 11) is 2.99. The minimum Gasteiger partial charge on any atom is -0.497 e. The van der Waals surface area contributed by atoms with Gasteiger partial charge in [-0.15, -0.1) is 0 Å². The maximum absolute atomic E-state index is 13.7. The summed E-state index contributed by atoms with van der Waals surface area (Å²) in [6.07, 6.45) is 0. The first-order valence-electron chi connectivity index (χ1n) is 9.54. The Balaban J connectivity index is 2.59. The van der Waals surface area contributed by atoms with Crippen LogP contribution in [0.3, 0.4) is 0 Å². The van der Waals surface area contributed by atoms with E-state index in [2.05, 4.69) is 5.32 Å². The van der Waals surface area contributed by atoms with Gasteiger partial charge in [0.15, 0.2) is 11.5 Å². The average molecular weight is 469 g/mol. The van der Waals surface area contributed by atoms with Gasteiger partial charge in [-0.3, -0.25) is 9.10 Å². The first-order chi connectivity index (χ1) is 15.3. The molecule has 0 unspecified atom stereocenters. The van der Waals surface area contributed by atoms with Crippen molar-refractivity contribution in [3.05, 3.63) is 36.4 Å². The first-order valence-corrected chi connectivity index (χ1v) is 11.0. The van der Waals surface area contributed by atoms with Crippen molar-refractivity contribution in [2.24, 2.45) is 0 Å². The Kier molecular flexibility index (Phi) is 8.97. The summed E-state index contributed by atoms with van der Waals surface area (Å²) in [5, 5.41) is 2.63. The van der Waals surface area contributed by atoms with Gasteiger partial charge in [-0.05, 0) is 24.3 Å². The molecule has 0 aliphatic carbocycles. The van der Waals surface area contributed by atoms with E-state index < -0.39 is 22.5 Å². The van der Waals surface area contributed by atoms with Gasteiger partial charge in [-0.1, -0.05) is 0 Å². The molecule has 0 atom stereocenters. The molecule has 0 aromatic heterocycles. The number of anilines is 1. The molecule has 176 valence electrons.